The summed E-state index contributed by atoms with van der Waals surface area (Å²) in [5, 5.41) is 3.01. The summed E-state index contributed by atoms with van der Waals surface area (Å²) in [5.74, 6) is -0.540. The van der Waals surface area contributed by atoms with Crippen LogP contribution in [-0.2, 0) is 6.18 Å². The van der Waals surface area contributed by atoms with Crippen LogP contribution < -0.4 is 5.32 Å². The van der Waals surface area contributed by atoms with Crippen molar-refractivity contribution < 1.29 is 17.6 Å². The number of nitrogens with one attached hydrogen (secondary N) is 1. The van der Waals surface area contributed by atoms with Crippen molar-refractivity contribution in [3.63, 3.8) is 0 Å². The Morgan fingerprint density at radius 1 is 1.05 bits per heavy atom. The zero-order chi connectivity index (χ0) is 15.6. The van der Waals surface area contributed by atoms with E-state index < -0.39 is 17.6 Å². The first-order chi connectivity index (χ1) is 9.82. The van der Waals surface area contributed by atoms with E-state index in [1.165, 1.54) is 18.2 Å². The van der Waals surface area contributed by atoms with Gasteiger partial charge < -0.3 is 5.32 Å². The first-order valence-corrected chi connectivity index (χ1v) is 6.47. The average Bonchev–Trinajstić information content (AvgIpc) is 2.46. The predicted molar refractivity (Wildman–Crippen MR) is 74.3 cm³/mol. The van der Waals surface area contributed by atoms with Crippen LogP contribution in [-0.4, -0.2) is 7.05 Å². The third kappa shape index (κ3) is 3.42. The van der Waals surface area contributed by atoms with Crippen LogP contribution in [0.25, 0.3) is 11.1 Å². The molecule has 5 heteroatoms. The van der Waals surface area contributed by atoms with Gasteiger partial charge in [-0.1, -0.05) is 18.2 Å². The Kier molecular flexibility index (Phi) is 4.32. The van der Waals surface area contributed by atoms with Gasteiger partial charge in [-0.2, -0.15) is 13.2 Å². The van der Waals surface area contributed by atoms with Gasteiger partial charge in [0.05, 0.1) is 5.56 Å². The van der Waals surface area contributed by atoms with Gasteiger partial charge >= 0.3 is 6.18 Å². The van der Waals surface area contributed by atoms with Gasteiger partial charge in [-0.15, -0.1) is 0 Å². The second-order valence-corrected chi connectivity index (χ2v) is 4.83. The first kappa shape index (κ1) is 15.5. The van der Waals surface area contributed by atoms with Crippen molar-refractivity contribution in [3.8, 4) is 11.1 Å². The molecule has 1 unspecified atom stereocenters. The summed E-state index contributed by atoms with van der Waals surface area (Å²) < 4.78 is 52.2. The monoisotopic (exact) mass is 297 g/mol. The van der Waals surface area contributed by atoms with Gasteiger partial charge in [-0.05, 0) is 49.4 Å². The Morgan fingerprint density at radius 2 is 1.76 bits per heavy atom. The van der Waals surface area contributed by atoms with E-state index in [2.05, 4.69) is 5.32 Å². The Morgan fingerprint density at radius 3 is 2.38 bits per heavy atom. The molecule has 0 aliphatic carbocycles. The summed E-state index contributed by atoms with van der Waals surface area (Å²) in [7, 11) is 1.76. The van der Waals surface area contributed by atoms with Gasteiger partial charge in [0, 0.05) is 11.6 Å². The van der Waals surface area contributed by atoms with Crippen LogP contribution in [0.1, 0.15) is 24.1 Å². The normalized spacial score (nSPS) is 13.2. The topological polar surface area (TPSA) is 12.0 Å². The number of benzene rings is 2. The van der Waals surface area contributed by atoms with Gasteiger partial charge in [0.25, 0.3) is 0 Å². The second-order valence-electron chi connectivity index (χ2n) is 4.83. The molecule has 1 atom stereocenters. The molecule has 21 heavy (non-hydrogen) atoms. The van der Waals surface area contributed by atoms with Crippen molar-refractivity contribution in [3.05, 3.63) is 59.4 Å². The van der Waals surface area contributed by atoms with Crippen molar-refractivity contribution in [1.82, 2.24) is 5.32 Å². The lowest BCUT2D eigenvalue weighted by molar-refractivity contribution is -0.137. The van der Waals surface area contributed by atoms with E-state index in [4.69, 9.17) is 0 Å². The summed E-state index contributed by atoms with van der Waals surface area (Å²) in [6.07, 6.45) is -4.44. The molecule has 0 fully saturated rings. The van der Waals surface area contributed by atoms with Crippen molar-refractivity contribution in [2.75, 3.05) is 7.05 Å². The van der Waals surface area contributed by atoms with E-state index in [0.717, 1.165) is 17.7 Å². The van der Waals surface area contributed by atoms with Crippen molar-refractivity contribution in [2.24, 2.45) is 0 Å². The molecule has 0 radical (unpaired) electrons. The van der Waals surface area contributed by atoms with Crippen molar-refractivity contribution in [2.45, 2.75) is 19.1 Å². The molecular formula is C16H15F4N. The van der Waals surface area contributed by atoms with Crippen LogP contribution in [0.5, 0.6) is 0 Å². The van der Waals surface area contributed by atoms with E-state index in [1.54, 1.807) is 19.2 Å². The number of alkyl halides is 3. The Labute approximate surface area is 120 Å². The summed E-state index contributed by atoms with van der Waals surface area (Å²) >= 11 is 0. The van der Waals surface area contributed by atoms with E-state index in [-0.39, 0.29) is 17.2 Å². The molecule has 1 nitrogen and oxygen atoms in total. The minimum atomic E-state index is -4.44. The highest BCUT2D eigenvalue weighted by Gasteiger charge is 2.30. The molecule has 0 aromatic heterocycles. The Bertz CT molecular complexity index is 634. The van der Waals surface area contributed by atoms with E-state index in [1.807, 2.05) is 6.92 Å². The van der Waals surface area contributed by atoms with Gasteiger partial charge in [-0.25, -0.2) is 4.39 Å². The van der Waals surface area contributed by atoms with E-state index in [0.29, 0.717) is 0 Å². The van der Waals surface area contributed by atoms with Crippen molar-refractivity contribution in [1.29, 1.82) is 0 Å². The summed E-state index contributed by atoms with van der Waals surface area (Å²) in [5.41, 5.74) is 0.408. The molecule has 0 heterocycles. The lowest BCUT2D eigenvalue weighted by Gasteiger charge is -2.14. The maximum atomic E-state index is 13.9. The second kappa shape index (κ2) is 5.85. The van der Waals surface area contributed by atoms with Gasteiger partial charge in [0.15, 0.2) is 0 Å². The van der Waals surface area contributed by atoms with Crippen LogP contribution >= 0.6 is 0 Å². The minimum Gasteiger partial charge on any atom is -0.313 e. The summed E-state index contributed by atoms with van der Waals surface area (Å²) in [6, 6.07) is 9.15. The lowest BCUT2D eigenvalue weighted by Crippen LogP contribution is -2.12. The zero-order valence-corrected chi connectivity index (χ0v) is 11.6. The molecule has 0 bridgehead atoms. The van der Waals surface area contributed by atoms with Gasteiger partial charge in [-0.3, -0.25) is 0 Å². The lowest BCUT2D eigenvalue weighted by atomic mass is 9.98. The molecule has 0 amide bonds. The number of hydrogen-bond donors (Lipinski definition) is 1. The summed E-state index contributed by atoms with van der Waals surface area (Å²) in [4.78, 5) is 0. The highest BCUT2D eigenvalue weighted by atomic mass is 19.4. The molecule has 0 saturated carbocycles. The molecule has 0 spiro atoms. The Hall–Kier alpha value is -1.88. The maximum absolute atomic E-state index is 13.9. The smallest absolute Gasteiger partial charge is 0.313 e. The summed E-state index contributed by atoms with van der Waals surface area (Å²) in [6.45, 7) is 1.89. The molecule has 2 rings (SSSR count). The Balaban J connectivity index is 2.51. The molecule has 112 valence electrons. The standard InChI is InChI=1S/C16H15F4N/c1-10(21-2)11-6-7-15(17)14(9-11)12-4-3-5-13(8-12)16(18,19)20/h3-10,21H,1-2H3. The zero-order valence-electron chi connectivity index (χ0n) is 11.6. The highest BCUT2D eigenvalue weighted by Crippen LogP contribution is 2.33. The molecule has 2 aromatic rings. The molecule has 0 aliphatic heterocycles. The number of halogens is 4. The number of hydrogen-bond acceptors (Lipinski definition) is 1. The first-order valence-electron chi connectivity index (χ1n) is 6.47. The minimum absolute atomic E-state index is 0.0184. The van der Waals surface area contributed by atoms with Crippen molar-refractivity contribution >= 4 is 0 Å². The van der Waals surface area contributed by atoms with Gasteiger partial charge in [0.2, 0.25) is 0 Å². The number of rotatable bonds is 3. The third-order valence-electron chi connectivity index (χ3n) is 3.42. The molecular weight excluding hydrogens is 282 g/mol. The highest BCUT2D eigenvalue weighted by molar-refractivity contribution is 5.66. The quantitative estimate of drug-likeness (QED) is 0.803. The predicted octanol–water partition coefficient (Wildman–Crippen LogP) is 4.79. The fourth-order valence-electron chi connectivity index (χ4n) is 2.06. The van der Waals surface area contributed by atoms with Crippen LogP contribution in [0, 0.1) is 5.82 Å². The van der Waals surface area contributed by atoms with Crippen LogP contribution in [0.4, 0.5) is 17.6 Å². The van der Waals surface area contributed by atoms with E-state index in [9.17, 15) is 17.6 Å². The third-order valence-corrected chi connectivity index (χ3v) is 3.42. The maximum Gasteiger partial charge on any atom is 0.416 e. The van der Waals surface area contributed by atoms with Crippen LogP contribution in [0.15, 0.2) is 42.5 Å². The van der Waals surface area contributed by atoms with E-state index >= 15 is 0 Å². The van der Waals surface area contributed by atoms with Gasteiger partial charge in [0.1, 0.15) is 5.82 Å². The molecule has 1 N–H and O–H groups in total. The van der Waals surface area contributed by atoms with Crippen LogP contribution in [0.3, 0.4) is 0 Å². The largest absolute Gasteiger partial charge is 0.416 e. The molecule has 0 aliphatic rings. The molecule has 0 saturated heterocycles. The molecule has 2 aromatic carbocycles. The fourth-order valence-corrected chi connectivity index (χ4v) is 2.06. The fraction of sp³-hybridized carbons (Fsp3) is 0.250. The average molecular weight is 297 g/mol. The SMILES string of the molecule is CNC(C)c1ccc(F)c(-c2cccc(C(F)(F)F)c2)c1. The van der Waals surface area contributed by atoms with Crippen LogP contribution in [0.2, 0.25) is 0 Å².